The van der Waals surface area contributed by atoms with Gasteiger partial charge in [-0.1, -0.05) is 23.8 Å². The minimum absolute atomic E-state index is 0.0333. The predicted molar refractivity (Wildman–Crippen MR) is 97.9 cm³/mol. The van der Waals surface area contributed by atoms with Crippen molar-refractivity contribution >= 4 is 17.6 Å². The summed E-state index contributed by atoms with van der Waals surface area (Å²) in [4.78, 5) is 26.6. The van der Waals surface area contributed by atoms with E-state index in [2.05, 4.69) is 0 Å². The highest BCUT2D eigenvalue weighted by Crippen LogP contribution is 2.29. The summed E-state index contributed by atoms with van der Waals surface area (Å²) in [5.41, 5.74) is 5.29. The van der Waals surface area contributed by atoms with E-state index in [9.17, 15) is 9.59 Å². The van der Waals surface area contributed by atoms with E-state index in [0.29, 0.717) is 12.3 Å². The molecule has 1 amide bonds. The Bertz CT molecular complexity index is 841. The highest BCUT2D eigenvalue weighted by molar-refractivity contribution is 6.00. The summed E-state index contributed by atoms with van der Waals surface area (Å²) in [5, 5.41) is 0. The molecule has 1 heterocycles. The molecule has 0 spiro atoms. The molecule has 0 N–H and O–H groups in total. The maximum absolute atomic E-state index is 12.5. The van der Waals surface area contributed by atoms with Crippen LogP contribution in [0.15, 0.2) is 36.4 Å². The normalized spacial score (nSPS) is 17.0. The van der Waals surface area contributed by atoms with Gasteiger partial charge in [-0.3, -0.25) is 9.59 Å². The number of nitrogens with zero attached hydrogens (tertiary/aromatic N) is 1. The minimum atomic E-state index is -0.435. The van der Waals surface area contributed by atoms with Gasteiger partial charge in [-0.05, 0) is 62.6 Å². The van der Waals surface area contributed by atoms with E-state index in [1.165, 1.54) is 0 Å². The van der Waals surface area contributed by atoms with E-state index in [1.807, 2.05) is 58.0 Å². The third-order valence-corrected chi connectivity index (χ3v) is 4.80. The van der Waals surface area contributed by atoms with Crippen molar-refractivity contribution in [2.24, 2.45) is 5.92 Å². The van der Waals surface area contributed by atoms with Crippen LogP contribution in [0.4, 0.5) is 5.69 Å². The molecule has 25 heavy (non-hydrogen) atoms. The lowest BCUT2D eigenvalue weighted by molar-refractivity contribution is -0.139. The molecule has 4 heteroatoms. The van der Waals surface area contributed by atoms with Crippen LogP contribution in [-0.2, 0) is 9.59 Å². The minimum Gasteiger partial charge on any atom is -0.426 e. The molecule has 3 rings (SSSR count). The fourth-order valence-electron chi connectivity index (χ4n) is 3.18. The Hall–Kier alpha value is -2.62. The molecular formula is C21H23NO3. The number of esters is 1. The molecular weight excluding hydrogens is 314 g/mol. The fourth-order valence-corrected chi connectivity index (χ4v) is 3.18. The van der Waals surface area contributed by atoms with Crippen LogP contribution in [-0.4, -0.2) is 18.4 Å². The molecule has 2 aromatic rings. The van der Waals surface area contributed by atoms with Crippen LogP contribution in [0.25, 0.3) is 0 Å². The number of carbonyl (C=O) groups is 2. The number of hydrogen-bond donors (Lipinski definition) is 0. The molecule has 1 aliphatic rings. The van der Waals surface area contributed by atoms with Crippen molar-refractivity contribution in [1.82, 2.24) is 0 Å². The Labute approximate surface area is 148 Å². The van der Waals surface area contributed by atoms with Crippen molar-refractivity contribution in [2.45, 2.75) is 34.1 Å². The lowest BCUT2D eigenvalue weighted by Crippen LogP contribution is -2.27. The SMILES string of the molecule is Cc1ccc(N2C[C@@H](C(=O)Oc3ccc(C)c(C)c3)CC2=O)c(C)c1. The number of carbonyl (C=O) groups excluding carboxylic acids is 2. The fraction of sp³-hybridized carbons (Fsp3) is 0.333. The zero-order valence-corrected chi connectivity index (χ0v) is 15.1. The molecule has 0 unspecified atom stereocenters. The maximum atomic E-state index is 12.5. The van der Waals surface area contributed by atoms with Crippen LogP contribution in [0.2, 0.25) is 0 Å². The lowest BCUT2D eigenvalue weighted by Gasteiger charge is -2.19. The zero-order chi connectivity index (χ0) is 18.1. The first-order valence-electron chi connectivity index (χ1n) is 8.51. The second-order valence-corrected chi connectivity index (χ2v) is 6.86. The maximum Gasteiger partial charge on any atom is 0.316 e. The molecule has 1 aliphatic heterocycles. The van der Waals surface area contributed by atoms with Crippen molar-refractivity contribution < 1.29 is 14.3 Å². The van der Waals surface area contributed by atoms with E-state index >= 15 is 0 Å². The lowest BCUT2D eigenvalue weighted by atomic mass is 10.1. The largest absolute Gasteiger partial charge is 0.426 e. The number of aryl methyl sites for hydroxylation is 4. The first-order chi connectivity index (χ1) is 11.8. The quantitative estimate of drug-likeness (QED) is 0.631. The van der Waals surface area contributed by atoms with Gasteiger partial charge in [-0.25, -0.2) is 0 Å². The highest BCUT2D eigenvalue weighted by Gasteiger charge is 2.36. The van der Waals surface area contributed by atoms with E-state index < -0.39 is 5.92 Å². The van der Waals surface area contributed by atoms with Gasteiger partial charge in [0, 0.05) is 18.7 Å². The van der Waals surface area contributed by atoms with E-state index in [4.69, 9.17) is 4.74 Å². The Morgan fingerprint density at radius 1 is 1.00 bits per heavy atom. The number of ether oxygens (including phenoxy) is 1. The van der Waals surface area contributed by atoms with Crippen molar-refractivity contribution in [1.29, 1.82) is 0 Å². The summed E-state index contributed by atoms with van der Waals surface area (Å²) in [5.74, 6) is -0.279. The number of hydrogen-bond acceptors (Lipinski definition) is 3. The third-order valence-electron chi connectivity index (χ3n) is 4.80. The van der Waals surface area contributed by atoms with E-state index in [0.717, 1.165) is 27.9 Å². The topological polar surface area (TPSA) is 46.6 Å². The van der Waals surface area contributed by atoms with Gasteiger partial charge in [-0.2, -0.15) is 0 Å². The van der Waals surface area contributed by atoms with Crippen molar-refractivity contribution in [2.75, 3.05) is 11.4 Å². The molecule has 0 bridgehead atoms. The summed E-state index contributed by atoms with van der Waals surface area (Å²) in [7, 11) is 0. The second kappa shape index (κ2) is 6.71. The van der Waals surface area contributed by atoms with Crippen molar-refractivity contribution in [3.63, 3.8) is 0 Å². The zero-order valence-electron chi connectivity index (χ0n) is 15.1. The van der Waals surface area contributed by atoms with Gasteiger partial charge in [0.1, 0.15) is 5.75 Å². The van der Waals surface area contributed by atoms with Crippen LogP contribution in [0, 0.1) is 33.6 Å². The Balaban J connectivity index is 1.73. The molecule has 4 nitrogen and oxygen atoms in total. The average molecular weight is 337 g/mol. The molecule has 0 radical (unpaired) electrons. The van der Waals surface area contributed by atoms with Gasteiger partial charge < -0.3 is 9.64 Å². The number of amides is 1. The predicted octanol–water partition coefficient (Wildman–Crippen LogP) is 3.88. The smallest absolute Gasteiger partial charge is 0.316 e. The average Bonchev–Trinajstić information content (AvgIpc) is 2.93. The van der Waals surface area contributed by atoms with E-state index in [1.54, 1.807) is 11.0 Å². The number of rotatable bonds is 3. The number of anilines is 1. The van der Waals surface area contributed by atoms with Crippen molar-refractivity contribution in [3.8, 4) is 5.75 Å². The monoisotopic (exact) mass is 337 g/mol. The van der Waals surface area contributed by atoms with Crippen LogP contribution in [0.5, 0.6) is 5.75 Å². The summed E-state index contributed by atoms with van der Waals surface area (Å²) < 4.78 is 5.50. The van der Waals surface area contributed by atoms with E-state index in [-0.39, 0.29) is 18.3 Å². The Morgan fingerprint density at radius 2 is 1.76 bits per heavy atom. The molecule has 0 saturated carbocycles. The van der Waals surface area contributed by atoms with Crippen LogP contribution < -0.4 is 9.64 Å². The third kappa shape index (κ3) is 3.58. The molecule has 1 saturated heterocycles. The van der Waals surface area contributed by atoms with Crippen molar-refractivity contribution in [3.05, 3.63) is 58.7 Å². The molecule has 130 valence electrons. The Morgan fingerprint density at radius 3 is 2.44 bits per heavy atom. The van der Waals surface area contributed by atoms with Gasteiger partial charge >= 0.3 is 5.97 Å². The standard InChI is InChI=1S/C21H23NO3/c1-13-5-8-19(16(4)9-13)22-12-17(11-20(22)23)21(24)25-18-7-6-14(2)15(3)10-18/h5-10,17H,11-12H2,1-4H3/t17-/m0/s1. The summed E-state index contributed by atoms with van der Waals surface area (Å²) in [6.45, 7) is 8.36. The summed E-state index contributed by atoms with van der Waals surface area (Å²) >= 11 is 0. The van der Waals surface area contributed by atoms with Gasteiger partial charge in [0.2, 0.25) is 5.91 Å². The van der Waals surface area contributed by atoms with Crippen LogP contribution >= 0.6 is 0 Å². The van der Waals surface area contributed by atoms with Crippen LogP contribution in [0.1, 0.15) is 28.7 Å². The molecule has 0 aliphatic carbocycles. The first-order valence-corrected chi connectivity index (χ1v) is 8.51. The molecule has 2 aromatic carbocycles. The number of benzene rings is 2. The second-order valence-electron chi connectivity index (χ2n) is 6.86. The highest BCUT2D eigenvalue weighted by atomic mass is 16.5. The van der Waals surface area contributed by atoms with Gasteiger partial charge in [0.25, 0.3) is 0 Å². The van der Waals surface area contributed by atoms with Gasteiger partial charge in [-0.15, -0.1) is 0 Å². The van der Waals surface area contributed by atoms with Gasteiger partial charge in [0.15, 0.2) is 0 Å². The Kier molecular flexibility index (Phi) is 4.62. The molecule has 0 aromatic heterocycles. The molecule has 1 atom stereocenters. The van der Waals surface area contributed by atoms with Crippen LogP contribution in [0.3, 0.4) is 0 Å². The summed E-state index contributed by atoms with van der Waals surface area (Å²) in [6.07, 6.45) is 0.191. The molecule has 1 fully saturated rings. The van der Waals surface area contributed by atoms with Gasteiger partial charge in [0.05, 0.1) is 5.92 Å². The first kappa shape index (κ1) is 17.2. The summed E-state index contributed by atoms with van der Waals surface area (Å²) in [6, 6.07) is 11.5.